The first kappa shape index (κ1) is 13.9. The van der Waals surface area contributed by atoms with Crippen molar-refractivity contribution in [3.8, 4) is 0 Å². The highest BCUT2D eigenvalue weighted by atomic mass is 19.1. The summed E-state index contributed by atoms with van der Waals surface area (Å²) in [6, 6.07) is 11.0. The molecule has 0 aliphatic carbocycles. The standard InChI is InChI=1S/C16H12FN3O2/c1-10-13(12-4-2-3-5-15(12)19-10)9-18-16-8-11(20(21)22)6-7-14(16)17/h2-9,19H,1H3. The van der Waals surface area contributed by atoms with Crippen LogP contribution in [-0.4, -0.2) is 16.1 Å². The lowest BCUT2D eigenvalue weighted by molar-refractivity contribution is -0.384. The maximum absolute atomic E-state index is 13.7. The van der Waals surface area contributed by atoms with E-state index in [1.807, 2.05) is 31.2 Å². The number of non-ortho nitro benzene ring substituents is 1. The number of hydrogen-bond donors (Lipinski definition) is 1. The van der Waals surface area contributed by atoms with Crippen LogP contribution < -0.4 is 0 Å². The van der Waals surface area contributed by atoms with Crippen LogP contribution in [0.1, 0.15) is 11.3 Å². The fraction of sp³-hybridized carbons (Fsp3) is 0.0625. The minimum absolute atomic E-state index is 0.0566. The SMILES string of the molecule is Cc1[nH]c2ccccc2c1C=Nc1cc([N+](=O)[O-])ccc1F. The van der Waals surface area contributed by atoms with Gasteiger partial charge in [0.1, 0.15) is 11.5 Å². The molecule has 0 unspecified atom stereocenters. The second-order valence-electron chi connectivity index (χ2n) is 4.86. The van der Waals surface area contributed by atoms with Gasteiger partial charge in [-0.1, -0.05) is 18.2 Å². The molecule has 110 valence electrons. The van der Waals surface area contributed by atoms with Crippen LogP contribution in [0.2, 0.25) is 0 Å². The molecule has 1 heterocycles. The molecule has 0 bridgehead atoms. The first-order valence-electron chi connectivity index (χ1n) is 6.61. The molecule has 1 aromatic heterocycles. The maximum Gasteiger partial charge on any atom is 0.271 e. The van der Waals surface area contributed by atoms with Gasteiger partial charge in [0, 0.05) is 40.5 Å². The molecule has 3 aromatic rings. The molecule has 5 nitrogen and oxygen atoms in total. The molecular formula is C16H12FN3O2. The number of nitrogens with one attached hydrogen (secondary N) is 1. The summed E-state index contributed by atoms with van der Waals surface area (Å²) in [5.74, 6) is -0.598. The second-order valence-corrected chi connectivity index (χ2v) is 4.86. The van der Waals surface area contributed by atoms with Crippen LogP contribution in [0.5, 0.6) is 0 Å². The molecule has 0 saturated heterocycles. The van der Waals surface area contributed by atoms with Crippen molar-refractivity contribution in [1.82, 2.24) is 4.98 Å². The first-order valence-corrected chi connectivity index (χ1v) is 6.61. The molecule has 0 spiro atoms. The zero-order valence-electron chi connectivity index (χ0n) is 11.7. The van der Waals surface area contributed by atoms with Crippen LogP contribution in [0.15, 0.2) is 47.5 Å². The van der Waals surface area contributed by atoms with Gasteiger partial charge >= 0.3 is 0 Å². The number of nitrogens with zero attached hydrogens (tertiary/aromatic N) is 2. The van der Waals surface area contributed by atoms with Crippen molar-refractivity contribution in [2.24, 2.45) is 4.99 Å². The van der Waals surface area contributed by atoms with Gasteiger partial charge < -0.3 is 4.98 Å². The van der Waals surface area contributed by atoms with Gasteiger partial charge in [0.25, 0.3) is 5.69 Å². The quantitative estimate of drug-likeness (QED) is 0.445. The van der Waals surface area contributed by atoms with E-state index in [1.54, 1.807) is 0 Å². The number of aliphatic imine (C=N–C) groups is 1. The van der Waals surface area contributed by atoms with Gasteiger partial charge in [-0.3, -0.25) is 15.1 Å². The number of nitro groups is 1. The number of fused-ring (bicyclic) bond motifs is 1. The van der Waals surface area contributed by atoms with Gasteiger partial charge in [0.15, 0.2) is 0 Å². The maximum atomic E-state index is 13.7. The molecule has 0 atom stereocenters. The van der Waals surface area contributed by atoms with Crippen LogP contribution in [0, 0.1) is 22.9 Å². The smallest absolute Gasteiger partial charge is 0.271 e. The molecule has 3 rings (SSSR count). The minimum Gasteiger partial charge on any atom is -0.358 e. The lowest BCUT2D eigenvalue weighted by Gasteiger charge is -1.98. The van der Waals surface area contributed by atoms with Crippen molar-refractivity contribution >= 4 is 28.5 Å². The van der Waals surface area contributed by atoms with E-state index in [0.717, 1.165) is 40.4 Å². The van der Waals surface area contributed by atoms with Crippen molar-refractivity contribution in [1.29, 1.82) is 0 Å². The number of benzene rings is 2. The summed E-state index contributed by atoms with van der Waals surface area (Å²) < 4.78 is 13.7. The molecule has 0 fully saturated rings. The molecule has 0 saturated carbocycles. The Morgan fingerprint density at radius 1 is 1.27 bits per heavy atom. The Morgan fingerprint density at radius 2 is 2.05 bits per heavy atom. The molecule has 0 aliphatic rings. The minimum atomic E-state index is -0.598. The largest absolute Gasteiger partial charge is 0.358 e. The van der Waals surface area contributed by atoms with Crippen molar-refractivity contribution in [3.63, 3.8) is 0 Å². The van der Waals surface area contributed by atoms with E-state index in [9.17, 15) is 14.5 Å². The van der Waals surface area contributed by atoms with Crippen LogP contribution >= 0.6 is 0 Å². The second kappa shape index (κ2) is 5.40. The lowest BCUT2D eigenvalue weighted by Crippen LogP contribution is -1.89. The average molecular weight is 297 g/mol. The van der Waals surface area contributed by atoms with E-state index >= 15 is 0 Å². The average Bonchev–Trinajstić information content (AvgIpc) is 2.81. The topological polar surface area (TPSA) is 71.3 Å². The Bertz CT molecular complexity index is 900. The summed E-state index contributed by atoms with van der Waals surface area (Å²) in [6.07, 6.45) is 1.52. The zero-order chi connectivity index (χ0) is 15.7. The normalized spacial score (nSPS) is 11.4. The number of nitro benzene ring substituents is 1. The number of aromatic nitrogens is 1. The number of aromatic amines is 1. The lowest BCUT2D eigenvalue weighted by atomic mass is 10.1. The number of para-hydroxylation sites is 1. The third kappa shape index (κ3) is 2.46. The van der Waals surface area contributed by atoms with E-state index in [1.165, 1.54) is 6.21 Å². The van der Waals surface area contributed by atoms with Crippen LogP contribution in [0.3, 0.4) is 0 Å². The predicted octanol–water partition coefficient (Wildman–Crippen LogP) is 4.27. The van der Waals surface area contributed by atoms with Crippen molar-refractivity contribution in [3.05, 3.63) is 69.7 Å². The van der Waals surface area contributed by atoms with E-state index in [-0.39, 0.29) is 11.4 Å². The highest BCUT2D eigenvalue weighted by Crippen LogP contribution is 2.25. The molecule has 0 radical (unpaired) electrons. The van der Waals surface area contributed by atoms with E-state index in [2.05, 4.69) is 9.98 Å². The van der Waals surface area contributed by atoms with Gasteiger partial charge in [-0.25, -0.2) is 4.39 Å². The molecular weight excluding hydrogens is 285 g/mol. The van der Waals surface area contributed by atoms with E-state index in [0.29, 0.717) is 0 Å². The fourth-order valence-corrected chi connectivity index (χ4v) is 2.31. The first-order chi connectivity index (χ1) is 10.6. The number of rotatable bonds is 3. The number of H-pyrrole nitrogens is 1. The van der Waals surface area contributed by atoms with Crippen molar-refractivity contribution < 1.29 is 9.31 Å². The van der Waals surface area contributed by atoms with Gasteiger partial charge in [-0.05, 0) is 19.1 Å². The molecule has 1 N–H and O–H groups in total. The molecule has 6 heteroatoms. The van der Waals surface area contributed by atoms with Crippen LogP contribution in [-0.2, 0) is 0 Å². The summed E-state index contributed by atoms with van der Waals surface area (Å²) >= 11 is 0. The van der Waals surface area contributed by atoms with Crippen molar-refractivity contribution in [2.75, 3.05) is 0 Å². The molecule has 2 aromatic carbocycles. The Kier molecular flexibility index (Phi) is 3.42. The Morgan fingerprint density at radius 3 is 2.82 bits per heavy atom. The van der Waals surface area contributed by atoms with Crippen LogP contribution in [0.4, 0.5) is 15.8 Å². The fourth-order valence-electron chi connectivity index (χ4n) is 2.31. The molecule has 22 heavy (non-hydrogen) atoms. The van der Waals surface area contributed by atoms with E-state index in [4.69, 9.17) is 0 Å². The molecule has 0 aliphatic heterocycles. The number of halogens is 1. The Hall–Kier alpha value is -3.02. The summed E-state index contributed by atoms with van der Waals surface area (Å²) in [5, 5.41) is 11.7. The predicted molar refractivity (Wildman–Crippen MR) is 83.3 cm³/mol. The summed E-state index contributed by atoms with van der Waals surface area (Å²) in [6.45, 7) is 1.89. The van der Waals surface area contributed by atoms with E-state index < -0.39 is 10.7 Å². The summed E-state index contributed by atoms with van der Waals surface area (Å²) in [4.78, 5) is 17.5. The van der Waals surface area contributed by atoms with Gasteiger partial charge in [0.05, 0.1) is 4.92 Å². The summed E-state index contributed by atoms with van der Waals surface area (Å²) in [7, 11) is 0. The van der Waals surface area contributed by atoms with Crippen LogP contribution in [0.25, 0.3) is 10.9 Å². The highest BCUT2D eigenvalue weighted by Gasteiger charge is 2.10. The van der Waals surface area contributed by atoms with Gasteiger partial charge in [-0.15, -0.1) is 0 Å². The molecule has 0 amide bonds. The Labute approximate surface area is 125 Å². The van der Waals surface area contributed by atoms with Crippen molar-refractivity contribution in [2.45, 2.75) is 6.92 Å². The van der Waals surface area contributed by atoms with Gasteiger partial charge in [-0.2, -0.15) is 0 Å². The number of aryl methyl sites for hydroxylation is 1. The Balaban J connectivity index is 2.05. The number of hydrogen-bond acceptors (Lipinski definition) is 3. The highest BCUT2D eigenvalue weighted by molar-refractivity contribution is 6.01. The zero-order valence-corrected chi connectivity index (χ0v) is 11.7. The summed E-state index contributed by atoms with van der Waals surface area (Å²) in [5.41, 5.74) is 2.45. The monoisotopic (exact) mass is 297 g/mol. The third-order valence-corrected chi connectivity index (χ3v) is 3.42. The third-order valence-electron chi connectivity index (χ3n) is 3.42. The van der Waals surface area contributed by atoms with Gasteiger partial charge in [0.2, 0.25) is 0 Å².